The Balaban J connectivity index is 1.88. The van der Waals surface area contributed by atoms with E-state index in [1.165, 1.54) is 18.1 Å². The molecule has 312 valence electrons. The van der Waals surface area contributed by atoms with Gasteiger partial charge < -0.3 is 49.5 Å². The van der Waals surface area contributed by atoms with Gasteiger partial charge in [-0.25, -0.2) is 0 Å². The molecule has 1 unspecified atom stereocenters. The fourth-order valence-electron chi connectivity index (χ4n) is 5.37. The molecule has 0 aromatic heterocycles. The second kappa shape index (κ2) is 36.2. The highest BCUT2D eigenvalue weighted by Gasteiger charge is 2.16. The van der Waals surface area contributed by atoms with E-state index in [1.54, 1.807) is 0 Å². The summed E-state index contributed by atoms with van der Waals surface area (Å²) < 4.78 is 38.1. The third-order valence-corrected chi connectivity index (χ3v) is 8.29. The molecule has 0 radical (unpaired) electrons. The van der Waals surface area contributed by atoms with Crippen molar-refractivity contribution in [2.45, 2.75) is 97.4 Å². The average molecular weight is 768 g/mol. The first-order valence-corrected chi connectivity index (χ1v) is 20.2. The number of benzene rings is 1. The van der Waals surface area contributed by atoms with Crippen LogP contribution in [0.1, 0.15) is 89.7 Å². The van der Waals surface area contributed by atoms with Gasteiger partial charge in [-0.3, -0.25) is 14.4 Å². The normalized spacial score (nSPS) is 11.9. The molecule has 0 aliphatic heterocycles. The first-order valence-electron chi connectivity index (χ1n) is 20.2. The highest BCUT2D eigenvalue weighted by Crippen LogP contribution is 2.12. The lowest BCUT2D eigenvalue weighted by molar-refractivity contribution is -0.127. The molecule has 1 atom stereocenters. The zero-order valence-electron chi connectivity index (χ0n) is 33.7. The number of carbonyl (C=O) groups is 3. The lowest BCUT2D eigenvalue weighted by Crippen LogP contribution is -2.39. The molecule has 0 heterocycles. The predicted octanol–water partition coefficient (Wildman–Crippen LogP) is 4.20. The van der Waals surface area contributed by atoms with Crippen molar-refractivity contribution < 1.29 is 47.5 Å². The van der Waals surface area contributed by atoms with Gasteiger partial charge in [0, 0.05) is 32.5 Å². The van der Waals surface area contributed by atoms with E-state index < -0.39 is 6.04 Å². The number of hydrogen-bond acceptors (Lipinski definition) is 11. The van der Waals surface area contributed by atoms with Gasteiger partial charge in [0.15, 0.2) is 5.78 Å². The summed E-state index contributed by atoms with van der Waals surface area (Å²) in [4.78, 5) is 36.8. The van der Waals surface area contributed by atoms with Crippen LogP contribution in [0.3, 0.4) is 0 Å². The number of ether oxygens (including phenoxy) is 7. The molecule has 1 aromatic carbocycles. The van der Waals surface area contributed by atoms with Crippen LogP contribution in [0, 0.1) is 5.92 Å². The van der Waals surface area contributed by atoms with Gasteiger partial charge >= 0.3 is 0 Å². The van der Waals surface area contributed by atoms with E-state index in [0.717, 1.165) is 51.4 Å². The lowest BCUT2D eigenvalue weighted by Gasteiger charge is -2.16. The van der Waals surface area contributed by atoms with Crippen LogP contribution in [0.2, 0.25) is 0 Å². The van der Waals surface area contributed by atoms with Crippen molar-refractivity contribution in [3.8, 4) is 0 Å². The second-order valence-corrected chi connectivity index (χ2v) is 13.7. The quantitative estimate of drug-likeness (QED) is 0.0823. The molecule has 1 aromatic rings. The number of aryl methyl sites for hydroxylation is 1. The number of nitrogens with two attached hydrogens (primary N) is 1. The van der Waals surface area contributed by atoms with E-state index in [4.69, 9.17) is 38.9 Å². The molecule has 0 aliphatic carbocycles. The van der Waals surface area contributed by atoms with Crippen LogP contribution in [0.25, 0.3) is 0 Å². The van der Waals surface area contributed by atoms with E-state index in [9.17, 15) is 14.4 Å². The summed E-state index contributed by atoms with van der Waals surface area (Å²) in [6, 6.07) is 8.22. The molecule has 1 rings (SSSR count). The molecule has 54 heavy (non-hydrogen) atoms. The Bertz CT molecular complexity index is 1040. The number of ketones is 1. The van der Waals surface area contributed by atoms with Crippen molar-refractivity contribution in [2.24, 2.45) is 11.7 Å². The Labute approximate surface area is 325 Å². The highest BCUT2D eigenvalue weighted by atomic mass is 16.6. The second-order valence-electron chi connectivity index (χ2n) is 13.7. The summed E-state index contributed by atoms with van der Waals surface area (Å²) in [7, 11) is 0. The lowest BCUT2D eigenvalue weighted by atomic mass is 10.00. The van der Waals surface area contributed by atoms with Crippen LogP contribution in [-0.4, -0.2) is 129 Å². The smallest absolute Gasteiger partial charge is 0.220 e. The van der Waals surface area contributed by atoms with Crippen LogP contribution in [-0.2, 0) is 60.4 Å². The number of rotatable bonds is 39. The third-order valence-electron chi connectivity index (χ3n) is 8.29. The van der Waals surface area contributed by atoms with E-state index in [2.05, 4.69) is 48.7 Å². The van der Waals surface area contributed by atoms with E-state index in [-0.39, 0.29) is 17.6 Å². The van der Waals surface area contributed by atoms with Gasteiger partial charge in [0.25, 0.3) is 0 Å². The molecule has 4 N–H and O–H groups in total. The molecular weight excluding hydrogens is 694 g/mol. The van der Waals surface area contributed by atoms with Crippen molar-refractivity contribution in [1.29, 1.82) is 0 Å². The standard InChI is InChI=1S/C41H73N3O10/c1-35(2)34-38-16-14-37(15-17-38)10-9-13-40(46)43-19-7-6-11-39(36(3)45)44-41(47)12-5-4-8-20-48-22-24-50-26-28-52-30-32-54-33-31-53-29-27-51-25-23-49-21-18-42/h14-17,35,39H,4-13,18-34,42H2,1-3H3,(H,43,46)(H,44,47). The maximum absolute atomic E-state index is 12.4. The molecule has 13 heteroatoms. The van der Waals surface area contributed by atoms with Crippen molar-refractivity contribution in [2.75, 3.05) is 106 Å². The molecule has 0 fully saturated rings. The topological polar surface area (TPSA) is 166 Å². The SMILES string of the molecule is CC(=O)C(CCCCNC(=O)CCCc1ccc(CC(C)C)cc1)NC(=O)CCCCCOCCOCCOCCOCCOCCOCCOCCN. The van der Waals surface area contributed by atoms with Crippen LogP contribution in [0.5, 0.6) is 0 Å². The minimum Gasteiger partial charge on any atom is -0.379 e. The first kappa shape index (κ1) is 49.5. The molecular formula is C41H73N3O10. The summed E-state index contributed by atoms with van der Waals surface area (Å²) in [5, 5.41) is 5.87. The number of nitrogens with one attached hydrogen (secondary N) is 2. The number of Topliss-reactive ketones (excluding diaryl/α,β-unsaturated/α-hetero) is 1. The van der Waals surface area contributed by atoms with E-state index in [0.29, 0.717) is 131 Å². The summed E-state index contributed by atoms with van der Waals surface area (Å²) >= 11 is 0. The minimum absolute atomic E-state index is 0.0438. The maximum atomic E-state index is 12.4. The number of amides is 2. The minimum atomic E-state index is -0.484. The Morgan fingerprint density at radius 2 is 1.06 bits per heavy atom. The Kier molecular flexibility index (Phi) is 33.2. The summed E-state index contributed by atoms with van der Waals surface area (Å²) in [5.41, 5.74) is 7.95. The summed E-state index contributed by atoms with van der Waals surface area (Å²) in [6.45, 7) is 14.3. The van der Waals surface area contributed by atoms with Crippen molar-refractivity contribution in [1.82, 2.24) is 10.6 Å². The largest absolute Gasteiger partial charge is 0.379 e. The Hall–Kier alpha value is -2.49. The van der Waals surface area contributed by atoms with Crippen molar-refractivity contribution >= 4 is 17.6 Å². The van der Waals surface area contributed by atoms with Gasteiger partial charge in [0.1, 0.15) is 0 Å². The molecule has 0 saturated carbocycles. The van der Waals surface area contributed by atoms with Gasteiger partial charge in [-0.05, 0) is 75.3 Å². The van der Waals surface area contributed by atoms with Gasteiger partial charge in [0.05, 0.1) is 91.9 Å². The molecule has 0 aliphatic rings. The van der Waals surface area contributed by atoms with Crippen LogP contribution in [0.15, 0.2) is 24.3 Å². The van der Waals surface area contributed by atoms with Crippen LogP contribution in [0.4, 0.5) is 0 Å². The highest BCUT2D eigenvalue weighted by molar-refractivity contribution is 5.87. The fourth-order valence-corrected chi connectivity index (χ4v) is 5.37. The molecule has 0 saturated heterocycles. The fraction of sp³-hybridized carbons (Fsp3) is 0.780. The first-order chi connectivity index (χ1) is 26.3. The van der Waals surface area contributed by atoms with Gasteiger partial charge in [-0.1, -0.05) is 44.5 Å². The van der Waals surface area contributed by atoms with Crippen molar-refractivity contribution in [3.63, 3.8) is 0 Å². The van der Waals surface area contributed by atoms with Gasteiger partial charge in [0.2, 0.25) is 11.8 Å². The number of hydrogen-bond donors (Lipinski definition) is 3. The monoisotopic (exact) mass is 768 g/mol. The molecule has 0 spiro atoms. The predicted molar refractivity (Wildman–Crippen MR) is 211 cm³/mol. The maximum Gasteiger partial charge on any atom is 0.220 e. The zero-order valence-corrected chi connectivity index (χ0v) is 33.7. The summed E-state index contributed by atoms with van der Waals surface area (Å²) in [5.74, 6) is 0.550. The molecule has 2 amide bonds. The molecule has 13 nitrogen and oxygen atoms in total. The number of unbranched alkanes of at least 4 members (excludes halogenated alkanes) is 3. The Morgan fingerprint density at radius 3 is 1.56 bits per heavy atom. The molecule has 0 bridgehead atoms. The van der Waals surface area contributed by atoms with Crippen molar-refractivity contribution in [3.05, 3.63) is 35.4 Å². The zero-order chi connectivity index (χ0) is 39.3. The number of carbonyl (C=O) groups excluding carboxylic acids is 3. The van der Waals surface area contributed by atoms with Gasteiger partial charge in [-0.15, -0.1) is 0 Å². The van der Waals surface area contributed by atoms with Gasteiger partial charge in [-0.2, -0.15) is 0 Å². The van der Waals surface area contributed by atoms with Crippen LogP contribution < -0.4 is 16.4 Å². The Morgan fingerprint density at radius 1 is 0.574 bits per heavy atom. The van der Waals surface area contributed by atoms with E-state index in [1.807, 2.05) is 0 Å². The third kappa shape index (κ3) is 31.8. The average Bonchev–Trinajstić information content (AvgIpc) is 3.14. The van der Waals surface area contributed by atoms with Crippen LogP contribution >= 0.6 is 0 Å². The summed E-state index contributed by atoms with van der Waals surface area (Å²) in [6.07, 6.45) is 8.21. The van der Waals surface area contributed by atoms with E-state index >= 15 is 0 Å².